The molecule has 0 radical (unpaired) electrons. The van der Waals surface area contributed by atoms with E-state index in [9.17, 15) is 14.9 Å². The summed E-state index contributed by atoms with van der Waals surface area (Å²) in [5, 5.41) is 12.4. The maximum absolute atomic E-state index is 11.8. The molecule has 3 N–H and O–H groups in total. The quantitative estimate of drug-likeness (QED) is 0.554. The van der Waals surface area contributed by atoms with Gasteiger partial charge in [0.2, 0.25) is 5.91 Å². The zero-order chi connectivity index (χ0) is 14.5. The van der Waals surface area contributed by atoms with E-state index in [1.807, 2.05) is 13.8 Å². The molecule has 0 aliphatic heterocycles. The van der Waals surface area contributed by atoms with Gasteiger partial charge in [0.1, 0.15) is 6.10 Å². The van der Waals surface area contributed by atoms with Crippen molar-refractivity contribution in [2.75, 3.05) is 6.54 Å². The molecule has 1 aliphatic carbocycles. The zero-order valence-corrected chi connectivity index (χ0v) is 11.6. The van der Waals surface area contributed by atoms with Crippen LogP contribution in [0.1, 0.15) is 46.0 Å². The second-order valence-corrected chi connectivity index (χ2v) is 5.88. The van der Waals surface area contributed by atoms with E-state index >= 15 is 0 Å². The maximum atomic E-state index is 11.8. The van der Waals surface area contributed by atoms with E-state index in [0.29, 0.717) is 13.0 Å². The molecule has 7 nitrogen and oxygen atoms in total. The molecule has 19 heavy (non-hydrogen) atoms. The first-order valence-electron chi connectivity index (χ1n) is 6.64. The Bertz CT molecular complexity index is 327. The summed E-state index contributed by atoms with van der Waals surface area (Å²) in [5.74, 6) is -0.206. The van der Waals surface area contributed by atoms with Crippen molar-refractivity contribution in [1.29, 1.82) is 0 Å². The fraction of sp³-hybridized carbons (Fsp3) is 0.917. The minimum absolute atomic E-state index is 0.0833. The molecule has 1 saturated carbocycles. The third kappa shape index (κ3) is 6.37. The number of amides is 1. The van der Waals surface area contributed by atoms with Crippen LogP contribution in [0.15, 0.2) is 0 Å². The number of carbonyl (C=O) groups excluding carboxylic acids is 1. The summed E-state index contributed by atoms with van der Waals surface area (Å²) in [4.78, 5) is 26.9. The molecule has 0 bridgehead atoms. The number of nitrogens with one attached hydrogen (secondary N) is 1. The van der Waals surface area contributed by atoms with Gasteiger partial charge in [0.05, 0.1) is 0 Å². The minimum atomic E-state index is -0.760. The van der Waals surface area contributed by atoms with Crippen LogP contribution >= 0.6 is 0 Å². The van der Waals surface area contributed by atoms with E-state index in [1.165, 1.54) is 0 Å². The van der Waals surface area contributed by atoms with E-state index in [1.54, 1.807) is 0 Å². The molecule has 1 fully saturated rings. The summed E-state index contributed by atoms with van der Waals surface area (Å²) in [5.41, 5.74) is 5.32. The SMILES string of the molecule is CC(C)(N)CNC(=O)C[C@@H]1CCCC[C@H]1O[N+](=O)[O-]. The molecule has 1 aliphatic rings. The second kappa shape index (κ2) is 6.70. The Morgan fingerprint density at radius 1 is 1.47 bits per heavy atom. The van der Waals surface area contributed by atoms with Crippen LogP contribution in [0.5, 0.6) is 0 Å². The Morgan fingerprint density at radius 3 is 2.68 bits per heavy atom. The highest BCUT2D eigenvalue weighted by Gasteiger charge is 2.30. The molecule has 0 spiro atoms. The van der Waals surface area contributed by atoms with Gasteiger partial charge in [0.15, 0.2) is 0 Å². The van der Waals surface area contributed by atoms with Crippen LogP contribution in [0.3, 0.4) is 0 Å². The van der Waals surface area contributed by atoms with Gasteiger partial charge in [0.25, 0.3) is 5.09 Å². The van der Waals surface area contributed by atoms with Crippen LogP contribution in [-0.4, -0.2) is 29.2 Å². The van der Waals surface area contributed by atoms with Crippen LogP contribution in [0.25, 0.3) is 0 Å². The largest absolute Gasteiger partial charge is 0.354 e. The topological polar surface area (TPSA) is 107 Å². The second-order valence-electron chi connectivity index (χ2n) is 5.88. The number of nitrogens with two attached hydrogens (primary N) is 1. The molecule has 7 heteroatoms. The van der Waals surface area contributed by atoms with Gasteiger partial charge in [-0.25, -0.2) is 0 Å². The van der Waals surface area contributed by atoms with Gasteiger partial charge in [0, 0.05) is 18.5 Å². The number of hydrogen-bond donors (Lipinski definition) is 2. The predicted molar refractivity (Wildman–Crippen MR) is 69.7 cm³/mol. The maximum Gasteiger partial charge on any atom is 0.294 e. The first-order valence-corrected chi connectivity index (χ1v) is 6.64. The summed E-state index contributed by atoms with van der Waals surface area (Å²) >= 11 is 0. The van der Waals surface area contributed by atoms with Gasteiger partial charge in [-0.3, -0.25) is 4.79 Å². The van der Waals surface area contributed by atoms with Crippen molar-refractivity contribution in [1.82, 2.24) is 5.32 Å². The molecule has 1 rings (SSSR count). The van der Waals surface area contributed by atoms with Gasteiger partial charge in [-0.05, 0) is 32.6 Å². The van der Waals surface area contributed by atoms with E-state index in [0.717, 1.165) is 19.3 Å². The molecule has 0 unspecified atom stereocenters. The van der Waals surface area contributed by atoms with E-state index in [-0.39, 0.29) is 18.2 Å². The van der Waals surface area contributed by atoms with Crippen molar-refractivity contribution < 1.29 is 14.7 Å². The van der Waals surface area contributed by atoms with Crippen molar-refractivity contribution >= 4 is 5.91 Å². The van der Waals surface area contributed by atoms with Gasteiger partial charge in [-0.1, -0.05) is 12.8 Å². The van der Waals surface area contributed by atoms with Gasteiger partial charge in [-0.2, -0.15) is 0 Å². The summed E-state index contributed by atoms with van der Waals surface area (Å²) in [7, 11) is 0. The number of hydrogen-bond acceptors (Lipinski definition) is 5. The molecule has 0 aromatic carbocycles. The van der Waals surface area contributed by atoms with Gasteiger partial charge in [-0.15, -0.1) is 10.1 Å². The molecular weight excluding hydrogens is 250 g/mol. The van der Waals surface area contributed by atoms with E-state index < -0.39 is 16.7 Å². The van der Waals surface area contributed by atoms with E-state index in [4.69, 9.17) is 5.73 Å². The van der Waals surface area contributed by atoms with Crippen LogP contribution in [0.4, 0.5) is 0 Å². The molecule has 0 saturated heterocycles. The first kappa shape index (κ1) is 15.7. The fourth-order valence-electron chi connectivity index (χ4n) is 2.29. The lowest BCUT2D eigenvalue weighted by atomic mass is 9.84. The Hall–Kier alpha value is -1.37. The normalized spacial score (nSPS) is 23.7. The smallest absolute Gasteiger partial charge is 0.294 e. The lowest BCUT2D eigenvalue weighted by Gasteiger charge is -2.29. The van der Waals surface area contributed by atoms with Crippen LogP contribution in [0, 0.1) is 16.0 Å². The molecule has 1 amide bonds. The molecule has 0 heterocycles. The molecule has 0 aromatic rings. The predicted octanol–water partition coefficient (Wildman–Crippen LogP) is 0.997. The van der Waals surface area contributed by atoms with Gasteiger partial charge >= 0.3 is 0 Å². The average molecular weight is 273 g/mol. The number of rotatable bonds is 6. The Kier molecular flexibility index (Phi) is 5.53. The average Bonchev–Trinajstić information content (AvgIpc) is 2.27. The summed E-state index contributed by atoms with van der Waals surface area (Å²) < 4.78 is 0. The molecular formula is C12H23N3O4. The Morgan fingerprint density at radius 2 is 2.11 bits per heavy atom. The highest BCUT2D eigenvalue weighted by Crippen LogP contribution is 2.29. The zero-order valence-electron chi connectivity index (χ0n) is 11.6. The first-order chi connectivity index (χ1) is 8.78. The van der Waals surface area contributed by atoms with Crippen molar-refractivity contribution in [3.8, 4) is 0 Å². The van der Waals surface area contributed by atoms with Crippen molar-refractivity contribution in [3.05, 3.63) is 10.1 Å². The highest BCUT2D eigenvalue weighted by molar-refractivity contribution is 5.76. The molecule has 2 atom stereocenters. The standard InChI is InChI=1S/C12H23N3O4/c1-12(2,13)8-14-11(16)7-9-5-3-4-6-10(9)19-15(17)18/h9-10H,3-8,13H2,1-2H3,(H,14,16)/t9-,10+/m0/s1. The fourth-order valence-corrected chi connectivity index (χ4v) is 2.29. The summed E-state index contributed by atoms with van der Waals surface area (Å²) in [6.45, 7) is 4.04. The summed E-state index contributed by atoms with van der Waals surface area (Å²) in [6.07, 6.45) is 3.12. The molecule has 110 valence electrons. The van der Waals surface area contributed by atoms with Crippen LogP contribution < -0.4 is 11.1 Å². The molecule has 0 aromatic heterocycles. The van der Waals surface area contributed by atoms with Crippen molar-refractivity contribution in [2.45, 2.75) is 57.6 Å². The Labute approximate surface area is 113 Å². The van der Waals surface area contributed by atoms with Crippen molar-refractivity contribution in [3.63, 3.8) is 0 Å². The summed E-state index contributed by atoms with van der Waals surface area (Å²) in [6, 6.07) is 0. The van der Waals surface area contributed by atoms with Crippen LogP contribution in [0.2, 0.25) is 0 Å². The Balaban J connectivity index is 2.43. The lowest BCUT2D eigenvalue weighted by Crippen LogP contribution is -2.46. The highest BCUT2D eigenvalue weighted by atomic mass is 17.0. The minimum Gasteiger partial charge on any atom is -0.354 e. The van der Waals surface area contributed by atoms with Gasteiger partial charge < -0.3 is 15.9 Å². The number of nitrogens with zero attached hydrogens (tertiary/aromatic N) is 1. The monoisotopic (exact) mass is 273 g/mol. The third-order valence-corrected chi connectivity index (χ3v) is 3.25. The van der Waals surface area contributed by atoms with Crippen molar-refractivity contribution in [2.24, 2.45) is 11.7 Å². The third-order valence-electron chi connectivity index (χ3n) is 3.25. The van der Waals surface area contributed by atoms with Crippen LogP contribution in [-0.2, 0) is 9.63 Å². The number of carbonyl (C=O) groups is 1. The lowest BCUT2D eigenvalue weighted by molar-refractivity contribution is -0.771. The van der Waals surface area contributed by atoms with E-state index in [2.05, 4.69) is 10.2 Å².